The third-order valence-electron chi connectivity index (χ3n) is 6.01. The maximum absolute atomic E-state index is 13.7. The van der Waals surface area contributed by atoms with E-state index in [0.29, 0.717) is 6.42 Å². The first kappa shape index (κ1) is 28.2. The van der Waals surface area contributed by atoms with E-state index in [4.69, 9.17) is 9.47 Å². The Balaban J connectivity index is 1.92. The molecule has 0 radical (unpaired) electrons. The van der Waals surface area contributed by atoms with Gasteiger partial charge in [0, 0.05) is 31.1 Å². The van der Waals surface area contributed by atoms with E-state index in [2.05, 4.69) is 5.32 Å². The Morgan fingerprint density at radius 3 is 2.34 bits per heavy atom. The summed E-state index contributed by atoms with van der Waals surface area (Å²) in [6.45, 7) is 5.54. The summed E-state index contributed by atoms with van der Waals surface area (Å²) in [4.78, 5) is 39.3. The van der Waals surface area contributed by atoms with Crippen LogP contribution in [0.25, 0.3) is 0 Å². The number of benzene rings is 3. The van der Waals surface area contributed by atoms with Crippen LogP contribution in [0.1, 0.15) is 30.5 Å². The van der Waals surface area contributed by atoms with Crippen molar-refractivity contribution >= 4 is 17.5 Å². The van der Waals surface area contributed by atoms with E-state index in [-0.39, 0.29) is 42.3 Å². The SMILES string of the molecule is COc1cc(OCC(=O)N(Cc2ccccc2C)C(Cc2ccccc2)C(=O)NC(C)C)ccc1[N+](=O)[O-]. The van der Waals surface area contributed by atoms with Gasteiger partial charge in [0.05, 0.1) is 12.0 Å². The maximum Gasteiger partial charge on any atom is 0.311 e. The second-order valence-electron chi connectivity index (χ2n) is 9.20. The second kappa shape index (κ2) is 13.2. The van der Waals surface area contributed by atoms with Gasteiger partial charge in [0.1, 0.15) is 11.8 Å². The van der Waals surface area contributed by atoms with E-state index in [1.807, 2.05) is 75.4 Å². The van der Waals surface area contributed by atoms with Crippen molar-refractivity contribution in [3.05, 3.63) is 99.6 Å². The smallest absolute Gasteiger partial charge is 0.311 e. The summed E-state index contributed by atoms with van der Waals surface area (Å²) in [5, 5.41) is 14.2. The average molecular weight is 520 g/mol. The molecule has 0 fully saturated rings. The number of hydrogen-bond donors (Lipinski definition) is 1. The fourth-order valence-corrected chi connectivity index (χ4v) is 4.03. The molecule has 38 heavy (non-hydrogen) atoms. The minimum Gasteiger partial charge on any atom is -0.490 e. The molecule has 1 N–H and O–H groups in total. The number of amides is 2. The molecule has 3 aromatic rings. The summed E-state index contributed by atoms with van der Waals surface area (Å²) >= 11 is 0. The van der Waals surface area contributed by atoms with Crippen molar-refractivity contribution in [2.24, 2.45) is 0 Å². The molecule has 2 amide bonds. The molecule has 0 aliphatic carbocycles. The van der Waals surface area contributed by atoms with Gasteiger partial charge in [-0.2, -0.15) is 0 Å². The summed E-state index contributed by atoms with van der Waals surface area (Å²) in [5.74, 6) is -0.397. The normalized spacial score (nSPS) is 11.5. The summed E-state index contributed by atoms with van der Waals surface area (Å²) < 4.78 is 10.8. The molecular formula is C29H33N3O6. The Bertz CT molecular complexity index is 1260. The van der Waals surface area contributed by atoms with Gasteiger partial charge in [-0.3, -0.25) is 19.7 Å². The van der Waals surface area contributed by atoms with Gasteiger partial charge in [0.15, 0.2) is 6.61 Å². The molecule has 0 saturated carbocycles. The van der Waals surface area contributed by atoms with Gasteiger partial charge in [-0.25, -0.2) is 0 Å². The van der Waals surface area contributed by atoms with Crippen LogP contribution in [0.5, 0.6) is 11.5 Å². The highest BCUT2D eigenvalue weighted by Gasteiger charge is 2.31. The molecule has 200 valence electrons. The van der Waals surface area contributed by atoms with Crippen molar-refractivity contribution in [1.82, 2.24) is 10.2 Å². The number of nitro benzene ring substituents is 1. The van der Waals surface area contributed by atoms with Crippen LogP contribution < -0.4 is 14.8 Å². The van der Waals surface area contributed by atoms with Gasteiger partial charge < -0.3 is 19.7 Å². The van der Waals surface area contributed by atoms with E-state index in [1.54, 1.807) is 0 Å². The van der Waals surface area contributed by atoms with Gasteiger partial charge in [-0.05, 0) is 43.5 Å². The number of nitro groups is 1. The highest BCUT2D eigenvalue weighted by molar-refractivity contribution is 5.88. The average Bonchev–Trinajstić information content (AvgIpc) is 2.90. The predicted octanol–water partition coefficient (Wildman–Crippen LogP) is 4.46. The first-order valence-corrected chi connectivity index (χ1v) is 12.3. The Hall–Kier alpha value is -4.40. The van der Waals surface area contributed by atoms with Gasteiger partial charge in [-0.15, -0.1) is 0 Å². The molecule has 9 heteroatoms. The van der Waals surface area contributed by atoms with Crippen LogP contribution in [0.4, 0.5) is 5.69 Å². The highest BCUT2D eigenvalue weighted by atomic mass is 16.6. The lowest BCUT2D eigenvalue weighted by Gasteiger charge is -2.32. The summed E-state index contributed by atoms with van der Waals surface area (Å²) in [7, 11) is 1.32. The molecule has 0 bridgehead atoms. The molecule has 0 aliphatic rings. The van der Waals surface area contributed by atoms with E-state index in [0.717, 1.165) is 16.7 Å². The summed E-state index contributed by atoms with van der Waals surface area (Å²) in [5.41, 5.74) is 2.61. The number of nitrogens with one attached hydrogen (secondary N) is 1. The predicted molar refractivity (Wildman–Crippen MR) is 144 cm³/mol. The zero-order chi connectivity index (χ0) is 27.7. The molecule has 9 nitrogen and oxygen atoms in total. The number of methoxy groups -OCH3 is 1. The lowest BCUT2D eigenvalue weighted by atomic mass is 10.0. The zero-order valence-corrected chi connectivity index (χ0v) is 22.0. The molecule has 1 unspecified atom stereocenters. The van der Waals surface area contributed by atoms with Crippen molar-refractivity contribution in [2.75, 3.05) is 13.7 Å². The van der Waals surface area contributed by atoms with Crippen molar-refractivity contribution in [2.45, 2.75) is 45.8 Å². The Morgan fingerprint density at radius 2 is 1.71 bits per heavy atom. The second-order valence-corrected chi connectivity index (χ2v) is 9.20. The van der Waals surface area contributed by atoms with Crippen LogP contribution in [-0.4, -0.2) is 47.4 Å². The number of aryl methyl sites for hydroxylation is 1. The van der Waals surface area contributed by atoms with Crippen LogP contribution in [0.3, 0.4) is 0 Å². The standard InChI is InChI=1S/C29H33N3O6/c1-20(2)30-29(34)26(16-22-11-6-5-7-12-22)31(18-23-13-9-8-10-21(23)3)28(33)19-38-24-14-15-25(32(35)36)27(17-24)37-4/h5-15,17,20,26H,16,18-19H2,1-4H3,(H,30,34). The molecule has 3 rings (SSSR count). The molecule has 1 atom stereocenters. The summed E-state index contributed by atoms with van der Waals surface area (Å²) in [6, 6.07) is 20.4. The number of nitrogens with zero attached hydrogens (tertiary/aromatic N) is 2. The van der Waals surface area contributed by atoms with Gasteiger partial charge >= 0.3 is 5.69 Å². The molecule has 0 spiro atoms. The Labute approximate surface area is 222 Å². The molecule has 0 aromatic heterocycles. The Morgan fingerprint density at radius 1 is 1.03 bits per heavy atom. The minimum absolute atomic E-state index is 0.0231. The maximum atomic E-state index is 13.7. The molecule has 3 aromatic carbocycles. The van der Waals surface area contributed by atoms with E-state index in [9.17, 15) is 19.7 Å². The number of carbonyl (C=O) groups is 2. The van der Waals surface area contributed by atoms with Crippen molar-refractivity contribution in [3.63, 3.8) is 0 Å². The van der Waals surface area contributed by atoms with E-state index >= 15 is 0 Å². The summed E-state index contributed by atoms with van der Waals surface area (Å²) in [6.07, 6.45) is 0.322. The topological polar surface area (TPSA) is 111 Å². The number of carbonyl (C=O) groups excluding carboxylic acids is 2. The Kier molecular flexibility index (Phi) is 9.81. The monoisotopic (exact) mass is 519 g/mol. The van der Waals surface area contributed by atoms with E-state index < -0.39 is 16.9 Å². The minimum atomic E-state index is -0.790. The number of ether oxygens (including phenoxy) is 2. The molecular weight excluding hydrogens is 486 g/mol. The van der Waals surface area contributed by atoms with Crippen LogP contribution in [-0.2, 0) is 22.6 Å². The third kappa shape index (κ3) is 7.55. The van der Waals surface area contributed by atoms with Crippen LogP contribution in [0.2, 0.25) is 0 Å². The first-order chi connectivity index (χ1) is 18.2. The van der Waals surface area contributed by atoms with Crippen molar-refractivity contribution in [1.29, 1.82) is 0 Å². The highest BCUT2D eigenvalue weighted by Crippen LogP contribution is 2.31. The van der Waals surface area contributed by atoms with Gasteiger partial charge in [0.25, 0.3) is 5.91 Å². The lowest BCUT2D eigenvalue weighted by Crippen LogP contribution is -2.52. The van der Waals surface area contributed by atoms with Crippen LogP contribution in [0.15, 0.2) is 72.8 Å². The fraction of sp³-hybridized carbons (Fsp3) is 0.310. The zero-order valence-electron chi connectivity index (χ0n) is 22.0. The lowest BCUT2D eigenvalue weighted by molar-refractivity contribution is -0.385. The molecule has 0 saturated heterocycles. The molecule has 0 aliphatic heterocycles. The van der Waals surface area contributed by atoms with Gasteiger partial charge in [-0.1, -0.05) is 54.6 Å². The fourth-order valence-electron chi connectivity index (χ4n) is 4.03. The van der Waals surface area contributed by atoms with E-state index in [1.165, 1.54) is 30.2 Å². The van der Waals surface area contributed by atoms with Crippen molar-refractivity contribution in [3.8, 4) is 11.5 Å². The molecule has 0 heterocycles. The largest absolute Gasteiger partial charge is 0.490 e. The first-order valence-electron chi connectivity index (χ1n) is 12.3. The quantitative estimate of drug-likeness (QED) is 0.280. The van der Waals surface area contributed by atoms with Crippen LogP contribution >= 0.6 is 0 Å². The van der Waals surface area contributed by atoms with Crippen LogP contribution in [0, 0.1) is 17.0 Å². The van der Waals surface area contributed by atoms with Crippen molar-refractivity contribution < 1.29 is 24.0 Å². The third-order valence-corrected chi connectivity index (χ3v) is 6.01. The van der Waals surface area contributed by atoms with Gasteiger partial charge in [0.2, 0.25) is 11.7 Å². The number of rotatable bonds is 12. The number of hydrogen-bond acceptors (Lipinski definition) is 6.